The minimum Gasteiger partial charge on any atom is -0.351 e. The van der Waals surface area contributed by atoms with E-state index < -0.39 is 0 Å². The van der Waals surface area contributed by atoms with Gasteiger partial charge in [-0.25, -0.2) is 0 Å². The number of ketones is 1. The van der Waals surface area contributed by atoms with E-state index in [1.165, 1.54) is 50.5 Å². The van der Waals surface area contributed by atoms with E-state index in [-0.39, 0.29) is 5.78 Å². The van der Waals surface area contributed by atoms with E-state index >= 15 is 0 Å². The number of carbonyl (C=O) groups excluding carboxylic acids is 1. The van der Waals surface area contributed by atoms with Gasteiger partial charge < -0.3 is 9.88 Å². The molecule has 0 saturated heterocycles. The number of hydrogen-bond donors (Lipinski definition) is 1. The first kappa shape index (κ1) is 16.1. The van der Waals surface area contributed by atoms with Gasteiger partial charge in [-0.05, 0) is 74.1 Å². The molecule has 0 spiro atoms. The SMILES string of the molecule is CC(=O)/C=C/c1cc(CNC23CC4CCCC(C2)C(C4)C3)cn1C. The third kappa shape index (κ3) is 3.11. The lowest BCUT2D eigenvalue weighted by atomic mass is 9.75. The van der Waals surface area contributed by atoms with Crippen molar-refractivity contribution in [2.75, 3.05) is 0 Å². The molecule has 3 aliphatic rings. The van der Waals surface area contributed by atoms with Crippen LogP contribution >= 0.6 is 0 Å². The van der Waals surface area contributed by atoms with E-state index in [9.17, 15) is 4.79 Å². The lowest BCUT2D eigenvalue weighted by molar-refractivity contribution is -0.112. The summed E-state index contributed by atoms with van der Waals surface area (Å²) in [5.41, 5.74) is 2.84. The Labute approximate surface area is 145 Å². The highest BCUT2D eigenvalue weighted by Gasteiger charge is 2.51. The van der Waals surface area contributed by atoms with Crippen molar-refractivity contribution in [3.8, 4) is 0 Å². The van der Waals surface area contributed by atoms with Gasteiger partial charge in [0.2, 0.25) is 0 Å². The van der Waals surface area contributed by atoms with Crippen LogP contribution in [-0.4, -0.2) is 15.9 Å². The first-order valence-electron chi connectivity index (χ1n) is 9.62. The summed E-state index contributed by atoms with van der Waals surface area (Å²) in [6.45, 7) is 2.55. The lowest BCUT2D eigenvalue weighted by Gasteiger charge is -2.39. The topological polar surface area (TPSA) is 34.0 Å². The van der Waals surface area contributed by atoms with Crippen LogP contribution in [0.2, 0.25) is 0 Å². The van der Waals surface area contributed by atoms with E-state index in [4.69, 9.17) is 0 Å². The fraction of sp³-hybridized carbons (Fsp3) is 0.667. The number of nitrogens with zero attached hydrogens (tertiary/aromatic N) is 1. The van der Waals surface area contributed by atoms with E-state index in [0.29, 0.717) is 5.54 Å². The Balaban J connectivity index is 1.44. The van der Waals surface area contributed by atoms with Gasteiger partial charge in [0.15, 0.2) is 5.78 Å². The first-order valence-corrected chi connectivity index (χ1v) is 9.62. The molecule has 1 heterocycles. The van der Waals surface area contributed by atoms with Gasteiger partial charge in [-0.15, -0.1) is 0 Å². The number of hydrogen-bond acceptors (Lipinski definition) is 2. The van der Waals surface area contributed by atoms with Crippen LogP contribution in [-0.2, 0) is 18.4 Å². The second kappa shape index (κ2) is 6.18. The molecule has 3 bridgehead atoms. The van der Waals surface area contributed by atoms with Crippen molar-refractivity contribution < 1.29 is 4.79 Å². The summed E-state index contributed by atoms with van der Waals surface area (Å²) in [7, 11) is 2.05. The van der Waals surface area contributed by atoms with Crippen molar-refractivity contribution in [2.45, 2.75) is 64.0 Å². The second-order valence-corrected chi connectivity index (χ2v) is 8.63. The molecule has 4 atom stereocenters. The molecule has 1 N–H and O–H groups in total. The minimum absolute atomic E-state index is 0.0977. The summed E-state index contributed by atoms with van der Waals surface area (Å²) in [5, 5.41) is 3.97. The fourth-order valence-electron chi connectivity index (χ4n) is 5.78. The van der Waals surface area contributed by atoms with Gasteiger partial charge in [0.1, 0.15) is 0 Å². The van der Waals surface area contributed by atoms with Crippen LogP contribution in [0.4, 0.5) is 0 Å². The predicted octanol–water partition coefficient (Wildman–Crippen LogP) is 4.08. The number of aryl methyl sites for hydroxylation is 1. The molecule has 1 aromatic rings. The Morgan fingerprint density at radius 1 is 1.33 bits per heavy atom. The highest BCUT2D eigenvalue weighted by molar-refractivity contribution is 5.91. The highest BCUT2D eigenvalue weighted by atomic mass is 16.1. The molecule has 3 heteroatoms. The maximum atomic E-state index is 11.1. The molecular formula is C21H30N2O. The highest BCUT2D eigenvalue weighted by Crippen LogP contribution is 2.55. The quantitative estimate of drug-likeness (QED) is 0.827. The molecule has 0 aromatic carbocycles. The molecule has 1 aromatic heterocycles. The van der Waals surface area contributed by atoms with Crippen LogP contribution in [0.3, 0.4) is 0 Å². The molecule has 3 saturated carbocycles. The van der Waals surface area contributed by atoms with Crippen LogP contribution in [0.5, 0.6) is 0 Å². The summed E-state index contributed by atoms with van der Waals surface area (Å²) in [5.74, 6) is 3.03. The van der Waals surface area contributed by atoms with E-state index in [1.807, 2.05) is 6.08 Å². The van der Waals surface area contributed by atoms with Crippen molar-refractivity contribution in [1.82, 2.24) is 9.88 Å². The molecule has 4 rings (SSSR count). The van der Waals surface area contributed by atoms with Crippen molar-refractivity contribution in [1.29, 1.82) is 0 Å². The molecule has 3 nitrogen and oxygen atoms in total. The van der Waals surface area contributed by atoms with Crippen LogP contribution in [0.15, 0.2) is 18.3 Å². The van der Waals surface area contributed by atoms with E-state index in [1.54, 1.807) is 13.0 Å². The van der Waals surface area contributed by atoms with Gasteiger partial charge in [0, 0.05) is 31.0 Å². The molecule has 24 heavy (non-hydrogen) atoms. The molecule has 4 unspecified atom stereocenters. The molecule has 0 radical (unpaired) electrons. The van der Waals surface area contributed by atoms with Gasteiger partial charge in [-0.1, -0.05) is 19.3 Å². The summed E-state index contributed by atoms with van der Waals surface area (Å²) >= 11 is 0. The van der Waals surface area contributed by atoms with Crippen LogP contribution in [0.25, 0.3) is 6.08 Å². The van der Waals surface area contributed by atoms with Crippen LogP contribution in [0, 0.1) is 17.8 Å². The lowest BCUT2D eigenvalue weighted by Crippen LogP contribution is -2.46. The largest absolute Gasteiger partial charge is 0.351 e. The van der Waals surface area contributed by atoms with Gasteiger partial charge in [0.05, 0.1) is 0 Å². The molecule has 3 fully saturated rings. The summed E-state index contributed by atoms with van der Waals surface area (Å²) in [4.78, 5) is 11.1. The number of aromatic nitrogens is 1. The fourth-order valence-corrected chi connectivity index (χ4v) is 5.78. The Morgan fingerprint density at radius 2 is 2.17 bits per heavy atom. The number of carbonyl (C=O) groups is 1. The van der Waals surface area contributed by atoms with E-state index in [2.05, 4.69) is 29.2 Å². The second-order valence-electron chi connectivity index (χ2n) is 8.63. The average Bonchev–Trinajstić information content (AvgIpc) is 2.95. The zero-order valence-corrected chi connectivity index (χ0v) is 15.1. The van der Waals surface area contributed by atoms with Crippen molar-refractivity contribution in [3.05, 3.63) is 29.6 Å². The number of rotatable bonds is 5. The normalized spacial score (nSPS) is 34.8. The standard InChI is InChI=1S/C21H30N2O/c1-15(24)6-7-20-9-17(14-23(20)2)13-22-21-10-16-4-3-5-18(11-21)19(8-16)12-21/h6-7,9,14,16,18-19,22H,3-5,8,10-13H2,1-2H3/b7-6+. The van der Waals surface area contributed by atoms with Gasteiger partial charge >= 0.3 is 0 Å². The number of nitrogens with one attached hydrogen (secondary N) is 1. The van der Waals surface area contributed by atoms with Crippen molar-refractivity contribution in [3.63, 3.8) is 0 Å². The molecule has 0 amide bonds. The smallest absolute Gasteiger partial charge is 0.152 e. The molecule has 3 aliphatic carbocycles. The molecular weight excluding hydrogens is 296 g/mol. The molecule has 0 aliphatic heterocycles. The monoisotopic (exact) mass is 326 g/mol. The average molecular weight is 326 g/mol. The molecule has 130 valence electrons. The zero-order valence-electron chi connectivity index (χ0n) is 15.1. The van der Waals surface area contributed by atoms with Crippen molar-refractivity contribution in [2.24, 2.45) is 24.8 Å². The third-order valence-electron chi connectivity index (χ3n) is 6.73. The van der Waals surface area contributed by atoms with Crippen LogP contribution < -0.4 is 5.32 Å². The number of allylic oxidation sites excluding steroid dienone is 1. The van der Waals surface area contributed by atoms with Gasteiger partial charge in [-0.3, -0.25) is 4.79 Å². The first-order chi connectivity index (χ1) is 11.5. The van der Waals surface area contributed by atoms with Crippen molar-refractivity contribution >= 4 is 11.9 Å². The third-order valence-corrected chi connectivity index (χ3v) is 6.73. The van der Waals surface area contributed by atoms with E-state index in [0.717, 1.165) is 30.0 Å². The Kier molecular flexibility index (Phi) is 4.16. The summed E-state index contributed by atoms with van der Waals surface area (Å²) < 4.78 is 2.11. The Bertz CT molecular complexity index is 655. The Morgan fingerprint density at radius 3 is 3.00 bits per heavy atom. The van der Waals surface area contributed by atoms with Gasteiger partial charge in [-0.2, -0.15) is 0 Å². The zero-order chi connectivity index (χ0) is 16.7. The summed E-state index contributed by atoms with van der Waals surface area (Å²) in [6, 6.07) is 2.21. The minimum atomic E-state index is 0.0977. The van der Waals surface area contributed by atoms with Crippen LogP contribution in [0.1, 0.15) is 63.1 Å². The van der Waals surface area contributed by atoms with Gasteiger partial charge in [0.25, 0.3) is 0 Å². The Hall–Kier alpha value is -1.35. The maximum Gasteiger partial charge on any atom is 0.152 e. The summed E-state index contributed by atoms with van der Waals surface area (Å²) in [6.07, 6.45) is 15.8. The number of fused-ring (bicyclic) bond motifs is 2. The maximum absolute atomic E-state index is 11.1. The predicted molar refractivity (Wildman–Crippen MR) is 97.5 cm³/mol.